The lowest BCUT2D eigenvalue weighted by Gasteiger charge is -2.46. The third-order valence-corrected chi connectivity index (χ3v) is 5.30. The number of hydrogen-bond donors (Lipinski definition) is 2. The summed E-state index contributed by atoms with van der Waals surface area (Å²) < 4.78 is 33.2. The van der Waals surface area contributed by atoms with Crippen LogP contribution in [0.1, 0.15) is 39.2 Å². The maximum absolute atomic E-state index is 14.3. The maximum atomic E-state index is 14.3. The minimum atomic E-state index is -1.41. The van der Waals surface area contributed by atoms with E-state index in [2.05, 4.69) is 0 Å². The van der Waals surface area contributed by atoms with Crippen molar-refractivity contribution in [2.75, 3.05) is 13.2 Å². The van der Waals surface area contributed by atoms with Crippen molar-refractivity contribution in [3.05, 3.63) is 40.7 Å². The van der Waals surface area contributed by atoms with Gasteiger partial charge in [-0.3, -0.25) is 9.80 Å². The highest BCUT2D eigenvalue weighted by Crippen LogP contribution is 2.42. The molecule has 3 rings (SSSR count). The molecule has 2 heterocycles. The van der Waals surface area contributed by atoms with Gasteiger partial charge in [0.2, 0.25) is 5.82 Å². The zero-order valence-electron chi connectivity index (χ0n) is 16.5. The number of aliphatic hydroxyl groups is 1. The van der Waals surface area contributed by atoms with Crippen LogP contribution in [-0.2, 0) is 20.9 Å². The number of rotatable bonds is 5. The predicted octanol–water partition coefficient (Wildman–Crippen LogP) is 2.79. The first-order valence-corrected chi connectivity index (χ1v) is 9.44. The van der Waals surface area contributed by atoms with Crippen LogP contribution in [0.3, 0.4) is 0 Å². The molecule has 9 heteroatoms. The number of fused-ring (bicyclic) bond motifs is 1. The largest absolute Gasteiger partial charge is 0.509 e. The highest BCUT2D eigenvalue weighted by atomic mass is 19.2. The van der Waals surface area contributed by atoms with E-state index in [1.165, 1.54) is 6.07 Å². The third kappa shape index (κ3) is 3.55. The molecule has 0 radical (unpaired) electrons. The quantitative estimate of drug-likeness (QED) is 0.573. The fourth-order valence-electron chi connectivity index (χ4n) is 3.70. The van der Waals surface area contributed by atoms with Crippen LogP contribution >= 0.6 is 0 Å². The Balaban J connectivity index is 1.99. The number of benzene rings is 1. The van der Waals surface area contributed by atoms with Gasteiger partial charge in [0.25, 0.3) is 5.91 Å². The van der Waals surface area contributed by atoms with Crippen LogP contribution in [0.5, 0.6) is 5.75 Å². The molecule has 0 bridgehead atoms. The van der Waals surface area contributed by atoms with Crippen molar-refractivity contribution in [1.29, 1.82) is 0 Å². The van der Waals surface area contributed by atoms with Gasteiger partial charge in [-0.05, 0) is 31.7 Å². The first kappa shape index (κ1) is 21.0. The van der Waals surface area contributed by atoms with Crippen LogP contribution < -0.4 is 0 Å². The Morgan fingerprint density at radius 2 is 1.97 bits per heavy atom. The van der Waals surface area contributed by atoms with Crippen molar-refractivity contribution in [3.63, 3.8) is 0 Å². The minimum Gasteiger partial charge on any atom is -0.509 e. The SMILES string of the molecule is CC(C)COC(=O)C1=C(O)[C@@]2(C)CCCN2N(Cc2ccc(O)c(F)c2F)C1=O. The smallest absolute Gasteiger partial charge is 0.347 e. The molecule has 1 fully saturated rings. The molecular formula is C20H24F2N2O5. The van der Waals surface area contributed by atoms with Gasteiger partial charge < -0.3 is 14.9 Å². The number of esters is 1. The van der Waals surface area contributed by atoms with Gasteiger partial charge in [-0.1, -0.05) is 19.9 Å². The van der Waals surface area contributed by atoms with Gasteiger partial charge in [-0.25, -0.2) is 14.2 Å². The van der Waals surface area contributed by atoms with E-state index in [4.69, 9.17) is 4.74 Å². The van der Waals surface area contributed by atoms with Crippen LogP contribution in [0.15, 0.2) is 23.5 Å². The maximum Gasteiger partial charge on any atom is 0.347 e. The second-order valence-electron chi connectivity index (χ2n) is 7.95. The lowest BCUT2D eigenvalue weighted by atomic mass is 9.91. The molecule has 1 amide bonds. The number of carbonyl (C=O) groups excluding carboxylic acids is 2. The summed E-state index contributed by atoms with van der Waals surface area (Å²) in [6, 6.07) is 2.17. The number of halogens is 2. The van der Waals surface area contributed by atoms with Gasteiger partial charge in [0.15, 0.2) is 17.1 Å². The van der Waals surface area contributed by atoms with Gasteiger partial charge in [0, 0.05) is 12.1 Å². The molecule has 0 unspecified atom stereocenters. The van der Waals surface area contributed by atoms with Crippen molar-refractivity contribution in [2.24, 2.45) is 5.92 Å². The van der Waals surface area contributed by atoms with Crippen molar-refractivity contribution in [3.8, 4) is 5.75 Å². The van der Waals surface area contributed by atoms with Gasteiger partial charge in [0.1, 0.15) is 5.76 Å². The van der Waals surface area contributed by atoms with Crippen molar-refractivity contribution in [1.82, 2.24) is 10.0 Å². The molecule has 1 atom stereocenters. The Bertz CT molecular complexity index is 886. The number of aromatic hydroxyl groups is 1. The molecule has 0 spiro atoms. The summed E-state index contributed by atoms with van der Waals surface area (Å²) in [6.07, 6.45) is 1.10. The summed E-state index contributed by atoms with van der Waals surface area (Å²) in [5.41, 5.74) is -1.70. The summed E-state index contributed by atoms with van der Waals surface area (Å²) >= 11 is 0. The van der Waals surface area contributed by atoms with Crippen molar-refractivity contribution in [2.45, 2.75) is 45.7 Å². The van der Waals surface area contributed by atoms with Gasteiger partial charge >= 0.3 is 5.97 Å². The summed E-state index contributed by atoms with van der Waals surface area (Å²) in [4.78, 5) is 25.6. The van der Waals surface area contributed by atoms with Gasteiger partial charge in [-0.15, -0.1) is 0 Å². The Morgan fingerprint density at radius 3 is 2.62 bits per heavy atom. The summed E-state index contributed by atoms with van der Waals surface area (Å²) in [6.45, 7) is 5.44. The lowest BCUT2D eigenvalue weighted by Crippen LogP contribution is -2.60. The number of nitrogens with zero attached hydrogens (tertiary/aromatic N) is 2. The Kier molecular flexibility index (Phi) is 5.53. The summed E-state index contributed by atoms with van der Waals surface area (Å²) in [5, 5.41) is 22.8. The molecule has 158 valence electrons. The fraction of sp³-hybridized carbons (Fsp3) is 0.500. The van der Waals surface area contributed by atoms with Crippen molar-refractivity contribution < 1.29 is 33.3 Å². The molecule has 2 aliphatic heterocycles. The van der Waals surface area contributed by atoms with E-state index in [0.29, 0.717) is 19.4 Å². The number of hydrogen-bond acceptors (Lipinski definition) is 6. The molecule has 0 aromatic heterocycles. The monoisotopic (exact) mass is 410 g/mol. The molecule has 0 saturated carbocycles. The second-order valence-corrected chi connectivity index (χ2v) is 7.95. The number of carbonyl (C=O) groups is 2. The summed E-state index contributed by atoms with van der Waals surface area (Å²) in [5.74, 6) is -5.66. The van der Waals surface area contributed by atoms with E-state index in [9.17, 15) is 28.6 Å². The molecule has 1 aromatic carbocycles. The van der Waals surface area contributed by atoms with Crippen LogP contribution in [0.4, 0.5) is 8.78 Å². The first-order valence-electron chi connectivity index (χ1n) is 9.44. The number of phenolic OH excluding ortho intramolecular Hbond substituents is 1. The molecule has 29 heavy (non-hydrogen) atoms. The molecular weight excluding hydrogens is 386 g/mol. The molecule has 1 aromatic rings. The normalized spacial score (nSPS) is 22.4. The van der Waals surface area contributed by atoms with E-state index in [-0.39, 0.29) is 30.4 Å². The average molecular weight is 410 g/mol. The fourth-order valence-corrected chi connectivity index (χ4v) is 3.70. The second kappa shape index (κ2) is 7.62. The number of aliphatic hydroxyl groups excluding tert-OH is 1. The van der Waals surface area contributed by atoms with Gasteiger partial charge in [-0.2, -0.15) is 4.39 Å². The highest BCUT2D eigenvalue weighted by molar-refractivity contribution is 6.17. The Labute approximate surface area is 167 Å². The predicted molar refractivity (Wildman–Crippen MR) is 98.4 cm³/mol. The van der Waals surface area contributed by atoms with Crippen LogP contribution in [0.25, 0.3) is 0 Å². The molecule has 7 nitrogen and oxygen atoms in total. The summed E-state index contributed by atoms with van der Waals surface area (Å²) in [7, 11) is 0. The average Bonchev–Trinajstić information content (AvgIpc) is 3.06. The molecule has 2 aliphatic rings. The Morgan fingerprint density at radius 1 is 1.28 bits per heavy atom. The lowest BCUT2D eigenvalue weighted by molar-refractivity contribution is -0.164. The van der Waals surface area contributed by atoms with E-state index < -0.39 is 40.4 Å². The van der Waals surface area contributed by atoms with Crippen LogP contribution in [0, 0.1) is 17.6 Å². The van der Waals surface area contributed by atoms with Gasteiger partial charge in [0.05, 0.1) is 18.7 Å². The zero-order valence-corrected chi connectivity index (χ0v) is 16.5. The molecule has 0 aliphatic carbocycles. The Hall–Kier alpha value is -2.68. The third-order valence-electron chi connectivity index (χ3n) is 5.30. The molecule has 1 saturated heterocycles. The number of phenols is 1. The first-order chi connectivity index (χ1) is 13.6. The van der Waals surface area contributed by atoms with Crippen LogP contribution in [0.2, 0.25) is 0 Å². The highest BCUT2D eigenvalue weighted by Gasteiger charge is 2.53. The topological polar surface area (TPSA) is 90.3 Å². The van der Waals surface area contributed by atoms with E-state index in [1.54, 1.807) is 11.9 Å². The number of hydrazine groups is 1. The standard InChI is InChI=1S/C20H24F2N2O5/c1-11(2)10-29-19(28)14-17(26)20(3)7-4-8-24(20)23(18(14)27)9-12-5-6-13(25)16(22)15(12)21/h5-6,11,25-26H,4,7-10H2,1-3H3/t20-/m1/s1. The van der Waals surface area contributed by atoms with E-state index >= 15 is 0 Å². The molecule has 2 N–H and O–H groups in total. The van der Waals surface area contributed by atoms with Crippen LogP contribution in [-0.4, -0.2) is 50.8 Å². The van der Waals surface area contributed by atoms with E-state index in [1.807, 2.05) is 13.8 Å². The zero-order chi connectivity index (χ0) is 21.5. The van der Waals surface area contributed by atoms with Crippen molar-refractivity contribution >= 4 is 11.9 Å². The van der Waals surface area contributed by atoms with E-state index in [0.717, 1.165) is 11.1 Å². The minimum absolute atomic E-state index is 0.0316. The number of amides is 1. The number of ether oxygens (including phenoxy) is 1.